The van der Waals surface area contributed by atoms with E-state index in [4.69, 9.17) is 9.84 Å². The number of carbonyl (C=O) groups is 1. The molecule has 1 rings (SSSR count). The van der Waals surface area contributed by atoms with Gasteiger partial charge in [-0.2, -0.15) is 0 Å². The Bertz CT molecular complexity index is 325. The van der Waals surface area contributed by atoms with Crippen molar-refractivity contribution < 1.29 is 14.6 Å². The Morgan fingerprint density at radius 3 is 2.93 bits per heavy atom. The van der Waals surface area contributed by atoms with E-state index in [0.29, 0.717) is 5.75 Å². The molecule has 76 valence electrons. The largest absolute Gasteiger partial charge is 0.490 e. The van der Waals surface area contributed by atoms with Gasteiger partial charge in [0.25, 0.3) is 0 Å². The van der Waals surface area contributed by atoms with E-state index in [0.717, 1.165) is 3.57 Å². The fourth-order valence-corrected chi connectivity index (χ4v) is 1.57. The maximum absolute atomic E-state index is 10.4. The highest BCUT2D eigenvalue weighted by Gasteiger charge is 2.08. The lowest BCUT2D eigenvalue weighted by Crippen LogP contribution is -2.16. The van der Waals surface area contributed by atoms with Crippen LogP contribution in [0.25, 0.3) is 0 Å². The molecule has 0 radical (unpaired) electrons. The van der Waals surface area contributed by atoms with Crippen LogP contribution in [0.5, 0.6) is 5.75 Å². The number of carboxylic acid groups (broad SMARTS) is 1. The third-order valence-electron chi connectivity index (χ3n) is 1.60. The number of rotatable bonds is 4. The molecule has 4 heteroatoms. The zero-order chi connectivity index (χ0) is 10.6. The van der Waals surface area contributed by atoms with Crippen molar-refractivity contribution in [2.75, 3.05) is 0 Å². The van der Waals surface area contributed by atoms with Crippen LogP contribution in [0.3, 0.4) is 0 Å². The molecule has 0 saturated heterocycles. The van der Waals surface area contributed by atoms with E-state index in [-0.39, 0.29) is 12.5 Å². The van der Waals surface area contributed by atoms with Crippen molar-refractivity contribution in [3.63, 3.8) is 0 Å². The van der Waals surface area contributed by atoms with Gasteiger partial charge in [0.1, 0.15) is 11.9 Å². The summed E-state index contributed by atoms with van der Waals surface area (Å²) in [6, 6.07) is 7.53. The molecule has 0 aliphatic rings. The van der Waals surface area contributed by atoms with Gasteiger partial charge in [-0.3, -0.25) is 4.79 Å². The standard InChI is InChI=1S/C10H11IO3/c1-7(5-10(12)13)14-9-4-2-3-8(11)6-9/h2-4,6-7H,5H2,1H3,(H,12,13). The molecule has 14 heavy (non-hydrogen) atoms. The molecule has 1 aromatic carbocycles. The van der Waals surface area contributed by atoms with Crippen LogP contribution in [-0.4, -0.2) is 17.2 Å². The molecule has 0 aliphatic carbocycles. The predicted octanol–water partition coefficient (Wildman–Crippen LogP) is 2.53. The van der Waals surface area contributed by atoms with Crippen LogP contribution in [0.1, 0.15) is 13.3 Å². The van der Waals surface area contributed by atoms with Gasteiger partial charge in [-0.15, -0.1) is 0 Å². The van der Waals surface area contributed by atoms with Crippen molar-refractivity contribution in [1.82, 2.24) is 0 Å². The number of benzene rings is 1. The van der Waals surface area contributed by atoms with Gasteiger partial charge < -0.3 is 9.84 Å². The molecule has 0 bridgehead atoms. The third-order valence-corrected chi connectivity index (χ3v) is 2.27. The monoisotopic (exact) mass is 306 g/mol. The highest BCUT2D eigenvalue weighted by Crippen LogP contribution is 2.16. The molecule has 0 aromatic heterocycles. The van der Waals surface area contributed by atoms with Crippen molar-refractivity contribution in [3.8, 4) is 5.75 Å². The first-order valence-corrected chi connectivity index (χ1v) is 5.30. The second-order valence-corrected chi connectivity index (χ2v) is 4.23. The Hall–Kier alpha value is -0.780. The Morgan fingerprint density at radius 2 is 2.36 bits per heavy atom. The fourth-order valence-electron chi connectivity index (χ4n) is 1.06. The second-order valence-electron chi connectivity index (χ2n) is 2.98. The van der Waals surface area contributed by atoms with Crippen LogP contribution in [0.15, 0.2) is 24.3 Å². The maximum Gasteiger partial charge on any atom is 0.307 e. The topological polar surface area (TPSA) is 46.5 Å². The Morgan fingerprint density at radius 1 is 1.64 bits per heavy atom. The lowest BCUT2D eigenvalue weighted by atomic mass is 10.3. The highest BCUT2D eigenvalue weighted by atomic mass is 127. The third kappa shape index (κ3) is 3.95. The van der Waals surface area contributed by atoms with Crippen LogP contribution in [-0.2, 0) is 4.79 Å². The quantitative estimate of drug-likeness (QED) is 0.870. The van der Waals surface area contributed by atoms with Crippen molar-refractivity contribution >= 4 is 28.6 Å². The van der Waals surface area contributed by atoms with Gasteiger partial charge >= 0.3 is 5.97 Å². The second kappa shape index (κ2) is 5.19. The summed E-state index contributed by atoms with van der Waals surface area (Å²) in [4.78, 5) is 10.4. The summed E-state index contributed by atoms with van der Waals surface area (Å²) in [6.45, 7) is 1.74. The lowest BCUT2D eigenvalue weighted by molar-refractivity contribution is -0.138. The number of hydrogen-bond acceptors (Lipinski definition) is 2. The average molecular weight is 306 g/mol. The van der Waals surface area contributed by atoms with Crippen molar-refractivity contribution in [1.29, 1.82) is 0 Å². The zero-order valence-electron chi connectivity index (χ0n) is 7.74. The molecule has 0 saturated carbocycles. The summed E-state index contributed by atoms with van der Waals surface area (Å²) in [6.07, 6.45) is -0.281. The Kier molecular flexibility index (Phi) is 4.19. The van der Waals surface area contributed by atoms with E-state index in [2.05, 4.69) is 22.6 Å². The smallest absolute Gasteiger partial charge is 0.307 e. The molecule has 1 N–H and O–H groups in total. The van der Waals surface area contributed by atoms with Gasteiger partial charge in [-0.25, -0.2) is 0 Å². The normalized spacial score (nSPS) is 12.1. The van der Waals surface area contributed by atoms with E-state index in [1.165, 1.54) is 0 Å². The minimum absolute atomic E-state index is 0.0193. The summed E-state index contributed by atoms with van der Waals surface area (Å²) in [5, 5.41) is 8.54. The van der Waals surface area contributed by atoms with E-state index >= 15 is 0 Å². The van der Waals surface area contributed by atoms with Crippen LogP contribution in [0.2, 0.25) is 0 Å². The first kappa shape index (κ1) is 11.3. The van der Waals surface area contributed by atoms with Gasteiger partial charge in [0.05, 0.1) is 6.42 Å². The van der Waals surface area contributed by atoms with Gasteiger partial charge in [0.15, 0.2) is 0 Å². The molecule has 1 unspecified atom stereocenters. The molecular formula is C10H11IO3. The minimum Gasteiger partial charge on any atom is -0.490 e. The minimum atomic E-state index is -0.844. The molecule has 0 spiro atoms. The maximum atomic E-state index is 10.4. The summed E-state index contributed by atoms with van der Waals surface area (Å²) in [5.74, 6) is -0.131. The molecule has 0 amide bonds. The Balaban J connectivity index is 2.55. The van der Waals surface area contributed by atoms with E-state index in [1.54, 1.807) is 6.92 Å². The first-order valence-electron chi connectivity index (χ1n) is 4.22. The fraction of sp³-hybridized carbons (Fsp3) is 0.300. The summed E-state index contributed by atoms with van der Waals surface area (Å²) < 4.78 is 6.49. The number of aliphatic carboxylic acids is 1. The predicted molar refractivity (Wildman–Crippen MR) is 61.5 cm³/mol. The summed E-state index contributed by atoms with van der Waals surface area (Å²) in [5.41, 5.74) is 0. The first-order chi connectivity index (χ1) is 6.58. The van der Waals surface area contributed by atoms with E-state index in [1.807, 2.05) is 24.3 Å². The molecule has 1 atom stereocenters. The molecule has 3 nitrogen and oxygen atoms in total. The average Bonchev–Trinajstić information content (AvgIpc) is 2.01. The number of carboxylic acids is 1. The Labute approximate surface area is 96.2 Å². The van der Waals surface area contributed by atoms with Crippen LogP contribution in [0, 0.1) is 3.57 Å². The zero-order valence-corrected chi connectivity index (χ0v) is 9.89. The molecule has 0 fully saturated rings. The van der Waals surface area contributed by atoms with E-state index < -0.39 is 5.97 Å². The molecule has 0 aliphatic heterocycles. The number of ether oxygens (including phenoxy) is 1. The van der Waals surface area contributed by atoms with Gasteiger partial charge in [0, 0.05) is 3.57 Å². The number of halogens is 1. The van der Waals surface area contributed by atoms with Crippen molar-refractivity contribution in [2.24, 2.45) is 0 Å². The number of hydrogen-bond donors (Lipinski definition) is 1. The van der Waals surface area contributed by atoms with Gasteiger partial charge in [0.2, 0.25) is 0 Å². The highest BCUT2D eigenvalue weighted by molar-refractivity contribution is 14.1. The summed E-state index contributed by atoms with van der Waals surface area (Å²) >= 11 is 2.18. The van der Waals surface area contributed by atoms with E-state index in [9.17, 15) is 4.79 Å². The molecular weight excluding hydrogens is 295 g/mol. The van der Waals surface area contributed by atoms with Crippen molar-refractivity contribution in [3.05, 3.63) is 27.8 Å². The van der Waals surface area contributed by atoms with Crippen LogP contribution < -0.4 is 4.74 Å². The molecule has 0 heterocycles. The van der Waals surface area contributed by atoms with Crippen LogP contribution >= 0.6 is 22.6 Å². The van der Waals surface area contributed by atoms with Crippen molar-refractivity contribution in [2.45, 2.75) is 19.4 Å². The van der Waals surface area contributed by atoms with Gasteiger partial charge in [-0.1, -0.05) is 6.07 Å². The molecule has 1 aromatic rings. The lowest BCUT2D eigenvalue weighted by Gasteiger charge is -2.12. The van der Waals surface area contributed by atoms with Gasteiger partial charge in [-0.05, 0) is 47.7 Å². The SMILES string of the molecule is CC(CC(=O)O)Oc1cccc(I)c1. The summed E-state index contributed by atoms with van der Waals surface area (Å²) in [7, 11) is 0. The van der Waals surface area contributed by atoms with Crippen LogP contribution in [0.4, 0.5) is 0 Å².